The van der Waals surface area contributed by atoms with Crippen LogP contribution in [0.2, 0.25) is 0 Å². The van der Waals surface area contributed by atoms with Crippen LogP contribution in [0.5, 0.6) is 0 Å². The van der Waals surface area contributed by atoms with Gasteiger partial charge in [0, 0.05) is 37.0 Å². The van der Waals surface area contributed by atoms with Crippen molar-refractivity contribution >= 4 is 34.1 Å². The van der Waals surface area contributed by atoms with Gasteiger partial charge in [0.15, 0.2) is 0 Å². The second kappa shape index (κ2) is 13.8. The molecule has 3 rings (SSSR count). The lowest BCUT2D eigenvalue weighted by Crippen LogP contribution is -2.33. The van der Waals surface area contributed by atoms with Crippen molar-refractivity contribution < 1.29 is 14.3 Å². The second-order valence-electron chi connectivity index (χ2n) is 10.6. The Morgan fingerprint density at radius 2 is 1.69 bits per heavy atom. The van der Waals surface area contributed by atoms with Gasteiger partial charge in [-0.2, -0.15) is 5.10 Å². The lowest BCUT2D eigenvalue weighted by molar-refractivity contribution is -0.116. The van der Waals surface area contributed by atoms with Crippen LogP contribution < -0.4 is 21.1 Å². The van der Waals surface area contributed by atoms with Crippen LogP contribution in [-0.2, 0) is 9.53 Å². The maximum absolute atomic E-state index is 13.0. The molecule has 1 heterocycles. The van der Waals surface area contributed by atoms with Crippen molar-refractivity contribution in [2.24, 2.45) is 0 Å². The van der Waals surface area contributed by atoms with Crippen LogP contribution in [0.15, 0.2) is 47.3 Å². The minimum atomic E-state index is -0.545. The molecule has 0 aliphatic rings. The smallest absolute Gasteiger partial charge is 0.407 e. The zero-order chi connectivity index (χ0) is 28.4. The Hall–Kier alpha value is -3.88. The standard InChI is InChI=1S/C30H41N5O4/c1-6-18-35(19-7-2)25-16-15-21(27-22-12-8-9-13-23(22)28(37)34-33-27)20-24(25)32-26(36)14-10-11-17-31-29(38)39-30(3,4)5/h8-9,12-13,15-16,20H,6-7,10-11,14,17-19H2,1-5H3,(H,31,38)(H,32,36)(H,34,37). The molecule has 0 fully saturated rings. The zero-order valence-electron chi connectivity index (χ0n) is 23.7. The van der Waals surface area contributed by atoms with E-state index in [-0.39, 0.29) is 11.5 Å². The molecule has 2 amide bonds. The Bertz CT molecular complexity index is 1320. The van der Waals surface area contributed by atoms with Crippen LogP contribution in [0.1, 0.15) is 66.7 Å². The van der Waals surface area contributed by atoms with Gasteiger partial charge in [-0.25, -0.2) is 9.89 Å². The van der Waals surface area contributed by atoms with Gasteiger partial charge in [0.25, 0.3) is 5.56 Å². The molecule has 2 aromatic carbocycles. The molecule has 0 bridgehead atoms. The Labute approximate surface area is 230 Å². The minimum Gasteiger partial charge on any atom is -0.444 e. The SMILES string of the molecule is CCCN(CCC)c1ccc(-c2n[nH]c(=O)c3ccccc23)cc1NC(=O)CCCCNC(=O)OC(C)(C)C. The summed E-state index contributed by atoms with van der Waals surface area (Å²) in [6, 6.07) is 13.3. The van der Waals surface area contributed by atoms with Gasteiger partial charge >= 0.3 is 6.09 Å². The molecule has 210 valence electrons. The average Bonchev–Trinajstić information content (AvgIpc) is 2.88. The summed E-state index contributed by atoms with van der Waals surface area (Å²) in [6.45, 7) is 11.9. The Morgan fingerprint density at radius 3 is 2.36 bits per heavy atom. The number of unbranched alkanes of at least 4 members (excludes halogenated alkanes) is 1. The zero-order valence-corrected chi connectivity index (χ0v) is 23.7. The fourth-order valence-corrected chi connectivity index (χ4v) is 4.41. The number of anilines is 2. The maximum atomic E-state index is 13.0. The van der Waals surface area contributed by atoms with Gasteiger partial charge in [-0.15, -0.1) is 0 Å². The topological polar surface area (TPSA) is 116 Å². The van der Waals surface area contributed by atoms with Crippen molar-refractivity contribution in [3.05, 3.63) is 52.8 Å². The fourth-order valence-electron chi connectivity index (χ4n) is 4.41. The highest BCUT2D eigenvalue weighted by atomic mass is 16.6. The number of hydrogen-bond donors (Lipinski definition) is 3. The van der Waals surface area contributed by atoms with Gasteiger partial charge in [0.2, 0.25) is 5.91 Å². The van der Waals surface area contributed by atoms with E-state index >= 15 is 0 Å². The molecule has 0 aliphatic heterocycles. The van der Waals surface area contributed by atoms with Crippen LogP contribution in [0, 0.1) is 0 Å². The molecule has 0 radical (unpaired) electrons. The van der Waals surface area contributed by atoms with E-state index in [9.17, 15) is 14.4 Å². The second-order valence-corrected chi connectivity index (χ2v) is 10.6. The van der Waals surface area contributed by atoms with E-state index < -0.39 is 11.7 Å². The summed E-state index contributed by atoms with van der Waals surface area (Å²) in [7, 11) is 0. The highest BCUT2D eigenvalue weighted by molar-refractivity contribution is 5.98. The van der Waals surface area contributed by atoms with E-state index in [0.29, 0.717) is 42.6 Å². The van der Waals surface area contributed by atoms with Gasteiger partial charge in [0.05, 0.1) is 22.5 Å². The highest BCUT2D eigenvalue weighted by Crippen LogP contribution is 2.33. The number of nitrogens with one attached hydrogen (secondary N) is 3. The Morgan fingerprint density at radius 1 is 1.00 bits per heavy atom. The summed E-state index contributed by atoms with van der Waals surface area (Å²) in [4.78, 5) is 39.4. The lowest BCUT2D eigenvalue weighted by atomic mass is 10.0. The van der Waals surface area contributed by atoms with E-state index in [4.69, 9.17) is 4.74 Å². The largest absolute Gasteiger partial charge is 0.444 e. The number of benzene rings is 2. The number of aromatic amines is 1. The first kappa shape index (κ1) is 29.7. The van der Waals surface area contributed by atoms with Crippen molar-refractivity contribution in [1.82, 2.24) is 15.5 Å². The number of amides is 2. The van der Waals surface area contributed by atoms with E-state index in [1.165, 1.54) is 0 Å². The third-order valence-corrected chi connectivity index (χ3v) is 6.07. The molecule has 0 aliphatic carbocycles. The molecular formula is C30H41N5O4. The van der Waals surface area contributed by atoms with Crippen LogP contribution in [-0.4, -0.2) is 47.4 Å². The quantitative estimate of drug-likeness (QED) is 0.251. The fraction of sp³-hybridized carbons (Fsp3) is 0.467. The summed E-state index contributed by atoms with van der Waals surface area (Å²) in [5.74, 6) is -0.0992. The number of ether oxygens (including phenoxy) is 1. The van der Waals surface area contributed by atoms with E-state index in [2.05, 4.69) is 39.6 Å². The third-order valence-electron chi connectivity index (χ3n) is 6.07. The maximum Gasteiger partial charge on any atom is 0.407 e. The van der Waals surface area contributed by atoms with Crippen molar-refractivity contribution in [1.29, 1.82) is 0 Å². The molecule has 3 aromatic rings. The average molecular weight is 536 g/mol. The van der Waals surface area contributed by atoms with Gasteiger partial charge in [-0.1, -0.05) is 38.1 Å². The first-order valence-corrected chi connectivity index (χ1v) is 13.8. The first-order chi connectivity index (χ1) is 18.6. The lowest BCUT2D eigenvalue weighted by Gasteiger charge is -2.27. The molecule has 9 heteroatoms. The monoisotopic (exact) mass is 535 g/mol. The minimum absolute atomic E-state index is 0.0992. The molecule has 39 heavy (non-hydrogen) atoms. The number of rotatable bonds is 12. The summed E-state index contributed by atoms with van der Waals surface area (Å²) < 4.78 is 5.24. The highest BCUT2D eigenvalue weighted by Gasteiger charge is 2.17. The number of fused-ring (bicyclic) bond motifs is 1. The van der Waals surface area contributed by atoms with E-state index in [1.807, 2.05) is 57.2 Å². The Balaban J connectivity index is 1.78. The van der Waals surface area contributed by atoms with Gasteiger partial charge in [0.1, 0.15) is 5.60 Å². The molecule has 0 atom stereocenters. The molecule has 0 unspecified atom stereocenters. The van der Waals surface area contributed by atoms with Crippen LogP contribution in [0.3, 0.4) is 0 Å². The van der Waals surface area contributed by atoms with Gasteiger partial charge in [-0.05, 0) is 64.7 Å². The van der Waals surface area contributed by atoms with E-state index in [1.54, 1.807) is 6.07 Å². The number of hydrogen-bond acceptors (Lipinski definition) is 6. The van der Waals surface area contributed by atoms with Crippen molar-refractivity contribution in [2.45, 2.75) is 72.3 Å². The van der Waals surface area contributed by atoms with Crippen LogP contribution >= 0.6 is 0 Å². The van der Waals surface area contributed by atoms with Gasteiger partial charge in [-0.3, -0.25) is 9.59 Å². The molecule has 0 spiro atoms. The summed E-state index contributed by atoms with van der Waals surface area (Å²) in [5, 5.41) is 14.1. The summed E-state index contributed by atoms with van der Waals surface area (Å²) in [5.41, 5.74) is 2.34. The first-order valence-electron chi connectivity index (χ1n) is 13.8. The molecular weight excluding hydrogens is 494 g/mol. The predicted molar refractivity (Wildman–Crippen MR) is 157 cm³/mol. The number of aromatic nitrogens is 2. The number of nitrogens with zero attached hydrogens (tertiary/aromatic N) is 2. The van der Waals surface area contributed by atoms with Gasteiger partial charge < -0.3 is 20.3 Å². The van der Waals surface area contributed by atoms with Crippen LogP contribution in [0.4, 0.5) is 16.2 Å². The number of carbonyl (C=O) groups excluding carboxylic acids is 2. The molecule has 3 N–H and O–H groups in total. The van der Waals surface area contributed by atoms with Crippen molar-refractivity contribution in [2.75, 3.05) is 29.9 Å². The molecule has 0 saturated heterocycles. The predicted octanol–water partition coefficient (Wildman–Crippen LogP) is 5.85. The number of H-pyrrole nitrogens is 1. The third kappa shape index (κ3) is 8.56. The van der Waals surface area contributed by atoms with Crippen molar-refractivity contribution in [3.63, 3.8) is 0 Å². The molecule has 1 aromatic heterocycles. The number of carbonyl (C=O) groups is 2. The number of alkyl carbamates (subject to hydrolysis) is 1. The normalized spacial score (nSPS) is 11.3. The molecule has 9 nitrogen and oxygen atoms in total. The van der Waals surface area contributed by atoms with E-state index in [0.717, 1.165) is 42.6 Å². The van der Waals surface area contributed by atoms with Crippen LogP contribution in [0.25, 0.3) is 22.0 Å². The molecule has 0 saturated carbocycles. The summed E-state index contributed by atoms with van der Waals surface area (Å²) in [6.07, 6.45) is 3.10. The summed E-state index contributed by atoms with van der Waals surface area (Å²) >= 11 is 0. The Kier molecular flexibility index (Phi) is 10.5. The van der Waals surface area contributed by atoms with Crippen molar-refractivity contribution in [3.8, 4) is 11.3 Å².